The predicted octanol–water partition coefficient (Wildman–Crippen LogP) is 3.72. The number of alkyl halides is 1. The van der Waals surface area contributed by atoms with Crippen molar-refractivity contribution in [3.63, 3.8) is 0 Å². The van der Waals surface area contributed by atoms with E-state index in [2.05, 4.69) is 22.9 Å². The smallest absolute Gasteiger partial charge is 0.330 e. The molecule has 86 valence electrons. The molecule has 0 fully saturated rings. The first-order valence-corrected chi connectivity index (χ1v) is 6.14. The second kappa shape index (κ2) is 6.48. The van der Waals surface area contributed by atoms with E-state index in [0.29, 0.717) is 11.4 Å². The van der Waals surface area contributed by atoms with Crippen molar-refractivity contribution in [3.8, 4) is 0 Å². The van der Waals surface area contributed by atoms with Crippen molar-refractivity contribution in [1.82, 2.24) is 0 Å². The van der Waals surface area contributed by atoms with Crippen LogP contribution in [-0.2, 0) is 9.53 Å². The van der Waals surface area contributed by atoms with Gasteiger partial charge in [-0.25, -0.2) is 4.79 Å². The van der Waals surface area contributed by atoms with E-state index in [-0.39, 0.29) is 5.97 Å². The highest BCUT2D eigenvalue weighted by Gasteiger charge is 1.99. The van der Waals surface area contributed by atoms with Crippen LogP contribution in [0.15, 0.2) is 30.3 Å². The Bertz CT molecular complexity index is 366. The number of carbonyl (C=O) groups excluding carboxylic acids is 1. The molecule has 0 saturated carbocycles. The molecule has 1 aromatic carbocycles. The first-order chi connectivity index (χ1) is 7.63. The first-order valence-electron chi connectivity index (χ1n) is 5.22. The second-order valence-electron chi connectivity index (χ2n) is 3.37. The van der Waals surface area contributed by atoms with Crippen LogP contribution in [0.3, 0.4) is 0 Å². The summed E-state index contributed by atoms with van der Waals surface area (Å²) in [5.74, 6) is -0.305. The van der Waals surface area contributed by atoms with Crippen LogP contribution in [0.2, 0.25) is 0 Å². The van der Waals surface area contributed by atoms with Crippen molar-refractivity contribution < 1.29 is 9.53 Å². The fourth-order valence-electron chi connectivity index (χ4n) is 1.23. The van der Waals surface area contributed by atoms with Gasteiger partial charge in [-0.15, -0.1) is 0 Å². The lowest BCUT2D eigenvalue weighted by Crippen LogP contribution is -1.98. The zero-order chi connectivity index (χ0) is 12.0. The molecule has 0 spiro atoms. The Labute approximate surface area is 104 Å². The van der Waals surface area contributed by atoms with Gasteiger partial charge in [0.25, 0.3) is 0 Å². The van der Waals surface area contributed by atoms with Crippen LogP contribution in [0, 0.1) is 0 Å². The third-order valence-electron chi connectivity index (χ3n) is 2.09. The standard InChI is InChI=1S/C13H15BrO2/c1-3-16-13(15)9-6-11-4-7-12(8-5-11)10(2)14/h4-10H,3H2,1-2H3/b9-6+. The van der Waals surface area contributed by atoms with E-state index >= 15 is 0 Å². The number of esters is 1. The Hall–Kier alpha value is -1.09. The maximum absolute atomic E-state index is 11.1. The van der Waals surface area contributed by atoms with Crippen LogP contribution in [0.1, 0.15) is 29.8 Å². The summed E-state index contributed by atoms with van der Waals surface area (Å²) in [5, 5.41) is 0. The molecule has 0 aliphatic rings. The molecular formula is C13H15BrO2. The van der Waals surface area contributed by atoms with E-state index in [9.17, 15) is 4.79 Å². The zero-order valence-electron chi connectivity index (χ0n) is 9.44. The van der Waals surface area contributed by atoms with Crippen LogP contribution in [-0.4, -0.2) is 12.6 Å². The fourth-order valence-corrected chi connectivity index (χ4v) is 1.53. The van der Waals surface area contributed by atoms with E-state index in [1.807, 2.05) is 24.3 Å². The van der Waals surface area contributed by atoms with E-state index in [1.165, 1.54) is 11.6 Å². The summed E-state index contributed by atoms with van der Waals surface area (Å²) >= 11 is 3.50. The molecule has 1 unspecified atom stereocenters. The summed E-state index contributed by atoms with van der Waals surface area (Å²) in [5.41, 5.74) is 2.21. The number of rotatable bonds is 4. The van der Waals surface area contributed by atoms with Gasteiger partial charge in [0, 0.05) is 10.9 Å². The third kappa shape index (κ3) is 4.19. The Kier molecular flexibility index (Phi) is 5.26. The van der Waals surface area contributed by atoms with Gasteiger partial charge in [-0.05, 0) is 31.1 Å². The molecule has 3 heteroatoms. The average molecular weight is 283 g/mol. The number of hydrogen-bond acceptors (Lipinski definition) is 2. The van der Waals surface area contributed by atoms with Gasteiger partial charge in [-0.2, -0.15) is 0 Å². The Morgan fingerprint density at radius 2 is 2.06 bits per heavy atom. The minimum atomic E-state index is -0.305. The fraction of sp³-hybridized carbons (Fsp3) is 0.308. The third-order valence-corrected chi connectivity index (χ3v) is 2.62. The summed E-state index contributed by atoms with van der Waals surface area (Å²) in [6.45, 7) is 4.27. The number of hydrogen-bond donors (Lipinski definition) is 0. The molecule has 0 aliphatic heterocycles. The van der Waals surface area contributed by atoms with Gasteiger partial charge in [0.2, 0.25) is 0 Å². The maximum Gasteiger partial charge on any atom is 0.330 e. The molecule has 2 nitrogen and oxygen atoms in total. The molecule has 0 amide bonds. The molecule has 0 heterocycles. The first kappa shape index (κ1) is 13.0. The molecule has 0 radical (unpaired) electrons. The van der Waals surface area contributed by atoms with Gasteiger partial charge in [0.05, 0.1) is 6.61 Å². The van der Waals surface area contributed by atoms with Crippen molar-refractivity contribution in [2.24, 2.45) is 0 Å². The normalized spacial score (nSPS) is 12.7. The minimum Gasteiger partial charge on any atom is -0.463 e. The zero-order valence-corrected chi connectivity index (χ0v) is 11.0. The second-order valence-corrected chi connectivity index (χ2v) is 4.74. The van der Waals surface area contributed by atoms with Crippen LogP contribution >= 0.6 is 15.9 Å². The topological polar surface area (TPSA) is 26.3 Å². The van der Waals surface area contributed by atoms with Crippen molar-refractivity contribution in [1.29, 1.82) is 0 Å². The molecule has 0 aromatic heterocycles. The average Bonchev–Trinajstić information content (AvgIpc) is 2.27. The molecule has 1 aromatic rings. The van der Waals surface area contributed by atoms with E-state index in [1.54, 1.807) is 13.0 Å². The van der Waals surface area contributed by atoms with Crippen molar-refractivity contribution in [2.45, 2.75) is 18.7 Å². The van der Waals surface area contributed by atoms with Crippen molar-refractivity contribution >= 4 is 28.0 Å². The van der Waals surface area contributed by atoms with Gasteiger partial charge in [0.1, 0.15) is 0 Å². The lowest BCUT2D eigenvalue weighted by molar-refractivity contribution is -0.137. The minimum absolute atomic E-state index is 0.305. The van der Waals surface area contributed by atoms with Crippen LogP contribution in [0.5, 0.6) is 0 Å². The van der Waals surface area contributed by atoms with Gasteiger partial charge in [0.15, 0.2) is 0 Å². The Morgan fingerprint density at radius 3 is 2.56 bits per heavy atom. The lowest BCUT2D eigenvalue weighted by Gasteiger charge is -2.03. The molecule has 1 rings (SSSR count). The summed E-state index contributed by atoms with van der Waals surface area (Å²) < 4.78 is 4.79. The van der Waals surface area contributed by atoms with Gasteiger partial charge >= 0.3 is 5.97 Å². The van der Waals surface area contributed by atoms with Crippen LogP contribution in [0.4, 0.5) is 0 Å². The highest BCUT2D eigenvalue weighted by atomic mass is 79.9. The molecule has 0 aliphatic carbocycles. The van der Waals surface area contributed by atoms with E-state index in [4.69, 9.17) is 4.74 Å². The highest BCUT2D eigenvalue weighted by molar-refractivity contribution is 9.09. The highest BCUT2D eigenvalue weighted by Crippen LogP contribution is 2.21. The summed E-state index contributed by atoms with van der Waals surface area (Å²) in [6, 6.07) is 8.01. The molecule has 0 bridgehead atoms. The number of benzene rings is 1. The van der Waals surface area contributed by atoms with E-state index < -0.39 is 0 Å². The lowest BCUT2D eigenvalue weighted by atomic mass is 10.1. The van der Waals surface area contributed by atoms with Crippen LogP contribution in [0.25, 0.3) is 6.08 Å². The van der Waals surface area contributed by atoms with Gasteiger partial charge in [-0.1, -0.05) is 40.2 Å². The molecular weight excluding hydrogens is 268 g/mol. The molecule has 0 saturated heterocycles. The quantitative estimate of drug-likeness (QED) is 0.478. The monoisotopic (exact) mass is 282 g/mol. The van der Waals surface area contributed by atoms with Crippen molar-refractivity contribution in [3.05, 3.63) is 41.5 Å². The number of ether oxygens (including phenoxy) is 1. The SMILES string of the molecule is CCOC(=O)/C=C/c1ccc(C(C)Br)cc1. The summed E-state index contributed by atoms with van der Waals surface area (Å²) in [6.07, 6.45) is 3.19. The van der Waals surface area contributed by atoms with Crippen molar-refractivity contribution in [2.75, 3.05) is 6.61 Å². The Balaban J connectivity index is 2.65. The van der Waals surface area contributed by atoms with Crippen LogP contribution < -0.4 is 0 Å². The van der Waals surface area contributed by atoms with E-state index in [0.717, 1.165) is 5.56 Å². The predicted molar refractivity (Wildman–Crippen MR) is 69.5 cm³/mol. The maximum atomic E-state index is 11.1. The summed E-state index contributed by atoms with van der Waals surface area (Å²) in [4.78, 5) is 11.4. The van der Waals surface area contributed by atoms with Gasteiger partial charge in [-0.3, -0.25) is 0 Å². The largest absolute Gasteiger partial charge is 0.463 e. The Morgan fingerprint density at radius 1 is 1.44 bits per heavy atom. The number of carbonyl (C=O) groups is 1. The summed E-state index contributed by atoms with van der Waals surface area (Å²) in [7, 11) is 0. The molecule has 0 N–H and O–H groups in total. The molecule has 16 heavy (non-hydrogen) atoms. The van der Waals surface area contributed by atoms with Gasteiger partial charge < -0.3 is 4.74 Å². The number of halogens is 1. The molecule has 1 atom stereocenters.